The molecule has 0 aromatic heterocycles. The molecule has 0 saturated carbocycles. The first kappa shape index (κ1) is 19.5. The van der Waals surface area contributed by atoms with E-state index in [4.69, 9.17) is 11.6 Å². The van der Waals surface area contributed by atoms with Gasteiger partial charge in [0.25, 0.3) is 0 Å². The van der Waals surface area contributed by atoms with E-state index in [1.165, 1.54) is 16.4 Å². The van der Waals surface area contributed by atoms with Gasteiger partial charge in [0.2, 0.25) is 15.9 Å². The van der Waals surface area contributed by atoms with Crippen molar-refractivity contribution in [2.75, 3.05) is 39.0 Å². The fraction of sp³-hybridized carbons (Fsp3) is 0.588. The highest BCUT2D eigenvalue weighted by Crippen LogP contribution is 2.24. The Morgan fingerprint density at radius 2 is 1.92 bits per heavy atom. The minimum Gasteiger partial charge on any atom is -0.339 e. The quantitative estimate of drug-likeness (QED) is 0.765. The minimum atomic E-state index is -3.37. The maximum absolute atomic E-state index is 13.1. The van der Waals surface area contributed by atoms with Gasteiger partial charge in [-0.05, 0) is 30.5 Å². The minimum absolute atomic E-state index is 0.104. The predicted octanol–water partition coefficient (Wildman–Crippen LogP) is 1.55. The second-order valence-electron chi connectivity index (χ2n) is 6.87. The van der Waals surface area contributed by atoms with E-state index in [2.05, 4.69) is 4.90 Å². The van der Waals surface area contributed by atoms with Crippen molar-refractivity contribution in [1.29, 1.82) is 0 Å². The number of benzene rings is 1. The SMILES string of the molecule is CS(=O)(=O)N1CCCC1C(=O)N1CCN(Cc2ccc(F)cc2Cl)CC1. The van der Waals surface area contributed by atoms with Crippen LogP contribution in [0.2, 0.25) is 5.02 Å². The summed E-state index contributed by atoms with van der Waals surface area (Å²) >= 11 is 6.08. The first-order chi connectivity index (χ1) is 12.3. The molecular formula is C17H23ClFN3O3S. The van der Waals surface area contributed by atoms with Gasteiger partial charge in [0, 0.05) is 44.3 Å². The van der Waals surface area contributed by atoms with Gasteiger partial charge in [0.15, 0.2) is 0 Å². The second-order valence-corrected chi connectivity index (χ2v) is 9.21. The number of rotatable bonds is 4. The van der Waals surface area contributed by atoms with Gasteiger partial charge in [-0.15, -0.1) is 0 Å². The number of nitrogens with zero attached hydrogens (tertiary/aromatic N) is 3. The highest BCUT2D eigenvalue weighted by atomic mass is 35.5. The average Bonchev–Trinajstić information content (AvgIpc) is 3.07. The average molecular weight is 404 g/mol. The fourth-order valence-electron chi connectivity index (χ4n) is 3.61. The Balaban J connectivity index is 1.57. The summed E-state index contributed by atoms with van der Waals surface area (Å²) in [6.07, 6.45) is 2.45. The molecule has 1 aromatic rings. The number of hydrogen-bond donors (Lipinski definition) is 0. The lowest BCUT2D eigenvalue weighted by Crippen LogP contribution is -2.54. The van der Waals surface area contributed by atoms with E-state index in [-0.39, 0.29) is 11.7 Å². The molecule has 9 heteroatoms. The number of halogens is 2. The zero-order valence-corrected chi connectivity index (χ0v) is 16.3. The molecule has 1 atom stereocenters. The van der Waals surface area contributed by atoms with Crippen LogP contribution in [0.5, 0.6) is 0 Å². The van der Waals surface area contributed by atoms with Crippen molar-refractivity contribution >= 4 is 27.5 Å². The lowest BCUT2D eigenvalue weighted by molar-refractivity contribution is -0.136. The summed E-state index contributed by atoms with van der Waals surface area (Å²) in [5.74, 6) is -0.464. The summed E-state index contributed by atoms with van der Waals surface area (Å²) in [5.41, 5.74) is 0.854. The van der Waals surface area contributed by atoms with E-state index in [1.54, 1.807) is 11.0 Å². The van der Waals surface area contributed by atoms with Gasteiger partial charge in [-0.25, -0.2) is 12.8 Å². The van der Waals surface area contributed by atoms with Crippen molar-refractivity contribution in [3.8, 4) is 0 Å². The highest BCUT2D eigenvalue weighted by molar-refractivity contribution is 7.88. The summed E-state index contributed by atoms with van der Waals surface area (Å²) in [5, 5.41) is 0.401. The topological polar surface area (TPSA) is 60.9 Å². The third kappa shape index (κ3) is 4.36. The van der Waals surface area contributed by atoms with Crippen LogP contribution >= 0.6 is 11.6 Å². The van der Waals surface area contributed by atoms with Gasteiger partial charge in [-0.2, -0.15) is 4.31 Å². The summed E-state index contributed by atoms with van der Waals surface area (Å²) < 4.78 is 38.2. The Morgan fingerprint density at radius 1 is 1.23 bits per heavy atom. The van der Waals surface area contributed by atoms with Crippen LogP contribution in [0.25, 0.3) is 0 Å². The molecule has 144 valence electrons. The molecule has 6 nitrogen and oxygen atoms in total. The van der Waals surface area contributed by atoms with Gasteiger partial charge in [-0.3, -0.25) is 9.69 Å². The Morgan fingerprint density at radius 3 is 2.54 bits per heavy atom. The lowest BCUT2D eigenvalue weighted by atomic mass is 10.1. The molecule has 26 heavy (non-hydrogen) atoms. The maximum atomic E-state index is 13.1. The van der Waals surface area contributed by atoms with Crippen molar-refractivity contribution in [2.45, 2.75) is 25.4 Å². The number of piperazine rings is 1. The van der Waals surface area contributed by atoms with Crippen LogP contribution in [-0.4, -0.2) is 73.5 Å². The molecule has 2 aliphatic rings. The van der Waals surface area contributed by atoms with E-state index in [0.29, 0.717) is 57.1 Å². The van der Waals surface area contributed by atoms with Gasteiger partial charge >= 0.3 is 0 Å². The molecule has 0 radical (unpaired) electrons. The summed E-state index contributed by atoms with van der Waals surface area (Å²) in [4.78, 5) is 16.7. The Bertz CT molecular complexity index is 781. The number of carbonyl (C=O) groups excluding carboxylic acids is 1. The maximum Gasteiger partial charge on any atom is 0.241 e. The fourth-order valence-corrected chi connectivity index (χ4v) is 4.96. The smallest absolute Gasteiger partial charge is 0.241 e. The summed E-state index contributed by atoms with van der Waals surface area (Å²) in [7, 11) is -3.37. The predicted molar refractivity (Wildman–Crippen MR) is 97.8 cm³/mol. The molecule has 0 aliphatic carbocycles. The molecular weight excluding hydrogens is 381 g/mol. The van der Waals surface area contributed by atoms with Crippen LogP contribution in [0.4, 0.5) is 4.39 Å². The first-order valence-electron chi connectivity index (χ1n) is 8.67. The van der Waals surface area contributed by atoms with Crippen molar-refractivity contribution in [1.82, 2.24) is 14.1 Å². The number of sulfonamides is 1. The Hall–Kier alpha value is -1.22. The first-order valence-corrected chi connectivity index (χ1v) is 10.9. The molecule has 1 amide bonds. The third-order valence-corrected chi connectivity index (χ3v) is 6.65. The molecule has 1 aromatic carbocycles. The summed E-state index contributed by atoms with van der Waals surface area (Å²) in [6.45, 7) is 3.45. The Kier molecular flexibility index (Phi) is 5.86. The molecule has 2 aliphatic heterocycles. The van der Waals surface area contributed by atoms with Crippen LogP contribution in [-0.2, 0) is 21.4 Å². The van der Waals surface area contributed by atoms with Crippen LogP contribution < -0.4 is 0 Å². The largest absolute Gasteiger partial charge is 0.339 e. The van der Waals surface area contributed by atoms with E-state index in [9.17, 15) is 17.6 Å². The van der Waals surface area contributed by atoms with Crippen molar-refractivity contribution < 1.29 is 17.6 Å². The van der Waals surface area contributed by atoms with Gasteiger partial charge in [-0.1, -0.05) is 17.7 Å². The zero-order chi connectivity index (χ0) is 18.9. The number of hydrogen-bond acceptors (Lipinski definition) is 4. The van der Waals surface area contributed by atoms with Crippen molar-refractivity contribution in [2.24, 2.45) is 0 Å². The lowest BCUT2D eigenvalue weighted by Gasteiger charge is -2.37. The molecule has 0 bridgehead atoms. The van der Waals surface area contributed by atoms with E-state index in [1.807, 2.05) is 0 Å². The molecule has 3 rings (SSSR count). The van der Waals surface area contributed by atoms with Crippen molar-refractivity contribution in [3.63, 3.8) is 0 Å². The molecule has 0 spiro atoms. The third-order valence-electron chi connectivity index (χ3n) is 5.01. The highest BCUT2D eigenvalue weighted by Gasteiger charge is 2.39. The van der Waals surface area contributed by atoms with E-state index in [0.717, 1.165) is 11.8 Å². The molecule has 2 saturated heterocycles. The second kappa shape index (κ2) is 7.80. The van der Waals surface area contributed by atoms with E-state index >= 15 is 0 Å². The van der Waals surface area contributed by atoms with Gasteiger partial charge < -0.3 is 4.90 Å². The van der Waals surface area contributed by atoms with Crippen LogP contribution in [0.3, 0.4) is 0 Å². The van der Waals surface area contributed by atoms with Crippen LogP contribution in [0.15, 0.2) is 18.2 Å². The van der Waals surface area contributed by atoms with Crippen LogP contribution in [0.1, 0.15) is 18.4 Å². The molecule has 1 unspecified atom stereocenters. The van der Waals surface area contributed by atoms with E-state index < -0.39 is 16.1 Å². The number of carbonyl (C=O) groups is 1. The zero-order valence-electron chi connectivity index (χ0n) is 14.7. The Labute approximate surface area is 158 Å². The summed E-state index contributed by atoms with van der Waals surface area (Å²) in [6, 6.07) is 3.80. The molecule has 2 heterocycles. The van der Waals surface area contributed by atoms with Crippen molar-refractivity contribution in [3.05, 3.63) is 34.6 Å². The number of amides is 1. The van der Waals surface area contributed by atoms with Gasteiger partial charge in [0.05, 0.1) is 6.26 Å². The molecule has 0 N–H and O–H groups in total. The van der Waals surface area contributed by atoms with Crippen LogP contribution in [0, 0.1) is 5.82 Å². The normalized spacial score (nSPS) is 22.7. The standard InChI is InChI=1S/C17H23ClFN3O3S/c1-26(24,25)22-6-2-3-16(22)17(23)21-9-7-20(8-10-21)12-13-4-5-14(19)11-15(13)18/h4-5,11,16H,2-3,6-10,12H2,1H3. The monoisotopic (exact) mass is 403 g/mol. The van der Waals surface area contributed by atoms with Gasteiger partial charge in [0.1, 0.15) is 11.9 Å². The molecule has 2 fully saturated rings.